The number of methoxy groups -OCH3 is 1. The molecule has 19 heavy (non-hydrogen) atoms. The van der Waals surface area contributed by atoms with Crippen molar-refractivity contribution in [3.8, 4) is 5.75 Å². The van der Waals surface area contributed by atoms with Crippen molar-refractivity contribution in [1.82, 2.24) is 4.72 Å². The second-order valence-electron chi connectivity index (χ2n) is 4.70. The lowest BCUT2D eigenvalue weighted by Crippen LogP contribution is -2.50. The van der Waals surface area contributed by atoms with Crippen molar-refractivity contribution in [2.75, 3.05) is 7.11 Å². The van der Waals surface area contributed by atoms with Crippen LogP contribution in [0.4, 0.5) is 0 Å². The molecule has 2 rings (SSSR count). The standard InChI is InChI=1S/C12H18N2O3S.ClH/c1-8-3-4-11(17-2)12(5-8)18(15,16)14-10-6-9(13)7-10;/h3-5,9-10,14H,6-7,13H2,1-2H3;1H. The normalized spacial score (nSPS) is 22.3. The van der Waals surface area contributed by atoms with Gasteiger partial charge in [-0.05, 0) is 37.5 Å². The quantitative estimate of drug-likeness (QED) is 0.875. The van der Waals surface area contributed by atoms with Crippen LogP contribution in [0.5, 0.6) is 5.75 Å². The molecule has 1 aliphatic rings. The van der Waals surface area contributed by atoms with Gasteiger partial charge in [-0.2, -0.15) is 0 Å². The SMILES string of the molecule is COc1ccc(C)cc1S(=O)(=O)NC1CC(N)C1.Cl. The summed E-state index contributed by atoms with van der Waals surface area (Å²) in [5, 5.41) is 0. The van der Waals surface area contributed by atoms with E-state index in [4.69, 9.17) is 10.5 Å². The Balaban J connectivity index is 0.00000180. The van der Waals surface area contributed by atoms with Gasteiger partial charge in [0.15, 0.2) is 0 Å². The summed E-state index contributed by atoms with van der Waals surface area (Å²) in [5.74, 6) is 0.358. The van der Waals surface area contributed by atoms with Crippen LogP contribution in [-0.2, 0) is 10.0 Å². The molecule has 0 saturated heterocycles. The van der Waals surface area contributed by atoms with Gasteiger partial charge in [0.2, 0.25) is 10.0 Å². The van der Waals surface area contributed by atoms with E-state index in [2.05, 4.69) is 4.72 Å². The lowest BCUT2D eigenvalue weighted by Gasteiger charge is -2.32. The molecular weight excluding hydrogens is 288 g/mol. The Bertz CT molecular complexity index is 542. The highest BCUT2D eigenvalue weighted by molar-refractivity contribution is 7.89. The Morgan fingerprint density at radius 1 is 1.37 bits per heavy atom. The van der Waals surface area contributed by atoms with E-state index in [1.165, 1.54) is 7.11 Å². The first-order valence-electron chi connectivity index (χ1n) is 5.85. The first kappa shape index (κ1) is 16.2. The Kier molecular flexibility index (Phi) is 5.20. The number of sulfonamides is 1. The van der Waals surface area contributed by atoms with E-state index in [0.29, 0.717) is 18.6 Å². The molecule has 0 aliphatic heterocycles. The van der Waals surface area contributed by atoms with Crippen LogP contribution < -0.4 is 15.2 Å². The van der Waals surface area contributed by atoms with Crippen LogP contribution in [0, 0.1) is 6.92 Å². The Morgan fingerprint density at radius 2 is 2.00 bits per heavy atom. The van der Waals surface area contributed by atoms with Gasteiger partial charge in [0.1, 0.15) is 10.6 Å². The fourth-order valence-electron chi connectivity index (χ4n) is 2.03. The van der Waals surface area contributed by atoms with Crippen molar-refractivity contribution < 1.29 is 13.2 Å². The maximum Gasteiger partial charge on any atom is 0.244 e. The van der Waals surface area contributed by atoms with E-state index in [1.54, 1.807) is 12.1 Å². The molecular formula is C12H19ClN2O3S. The van der Waals surface area contributed by atoms with Crippen molar-refractivity contribution in [2.24, 2.45) is 5.73 Å². The number of aryl methyl sites for hydroxylation is 1. The largest absolute Gasteiger partial charge is 0.495 e. The highest BCUT2D eigenvalue weighted by Gasteiger charge is 2.31. The third-order valence-corrected chi connectivity index (χ3v) is 4.65. The predicted octanol–water partition coefficient (Wildman–Crippen LogP) is 1.19. The van der Waals surface area contributed by atoms with Crippen LogP contribution in [0.2, 0.25) is 0 Å². The van der Waals surface area contributed by atoms with Crippen molar-refractivity contribution >= 4 is 22.4 Å². The molecule has 0 bridgehead atoms. The zero-order valence-electron chi connectivity index (χ0n) is 10.9. The van der Waals surface area contributed by atoms with Gasteiger partial charge >= 0.3 is 0 Å². The fraction of sp³-hybridized carbons (Fsp3) is 0.500. The Labute approximate surface area is 120 Å². The van der Waals surface area contributed by atoms with Crippen molar-refractivity contribution in [1.29, 1.82) is 0 Å². The monoisotopic (exact) mass is 306 g/mol. The van der Waals surface area contributed by atoms with E-state index < -0.39 is 10.0 Å². The smallest absolute Gasteiger partial charge is 0.244 e. The molecule has 1 aliphatic carbocycles. The number of rotatable bonds is 4. The Morgan fingerprint density at radius 3 is 2.53 bits per heavy atom. The number of nitrogens with one attached hydrogen (secondary N) is 1. The summed E-state index contributed by atoms with van der Waals surface area (Å²) < 4.78 is 32.2. The van der Waals surface area contributed by atoms with Gasteiger partial charge in [0, 0.05) is 12.1 Å². The molecule has 0 heterocycles. The van der Waals surface area contributed by atoms with Crippen molar-refractivity contribution in [2.45, 2.75) is 36.7 Å². The molecule has 108 valence electrons. The van der Waals surface area contributed by atoms with Crippen LogP contribution in [0.1, 0.15) is 18.4 Å². The van der Waals surface area contributed by atoms with Gasteiger partial charge in [0.25, 0.3) is 0 Å². The highest BCUT2D eigenvalue weighted by Crippen LogP contribution is 2.27. The van der Waals surface area contributed by atoms with Gasteiger partial charge in [0.05, 0.1) is 7.11 Å². The Hall–Kier alpha value is -0.820. The van der Waals surface area contributed by atoms with E-state index >= 15 is 0 Å². The molecule has 0 spiro atoms. The van der Waals surface area contributed by atoms with Crippen molar-refractivity contribution in [3.05, 3.63) is 23.8 Å². The number of hydrogen-bond acceptors (Lipinski definition) is 4. The van der Waals surface area contributed by atoms with Crippen LogP contribution in [0.15, 0.2) is 23.1 Å². The van der Waals surface area contributed by atoms with E-state index in [0.717, 1.165) is 5.56 Å². The van der Waals surface area contributed by atoms with Gasteiger partial charge in [-0.3, -0.25) is 0 Å². The van der Waals surface area contributed by atoms with Gasteiger partial charge in [-0.1, -0.05) is 6.07 Å². The highest BCUT2D eigenvalue weighted by atomic mass is 35.5. The first-order chi connectivity index (χ1) is 8.42. The summed E-state index contributed by atoms with van der Waals surface area (Å²) in [6, 6.07) is 5.14. The molecule has 0 atom stereocenters. The number of nitrogens with two attached hydrogens (primary N) is 1. The summed E-state index contributed by atoms with van der Waals surface area (Å²) >= 11 is 0. The molecule has 3 N–H and O–H groups in total. The van der Waals surface area contributed by atoms with Gasteiger partial charge in [-0.15, -0.1) is 12.4 Å². The first-order valence-corrected chi connectivity index (χ1v) is 7.33. The van der Waals surface area contributed by atoms with Crippen LogP contribution >= 0.6 is 12.4 Å². The lowest BCUT2D eigenvalue weighted by molar-refractivity contribution is 0.326. The van der Waals surface area contributed by atoms with Crippen LogP contribution in [0.3, 0.4) is 0 Å². The lowest BCUT2D eigenvalue weighted by atomic mass is 9.89. The summed E-state index contributed by atoms with van der Waals surface area (Å²) in [4.78, 5) is 0.186. The van der Waals surface area contributed by atoms with Crippen LogP contribution in [-0.4, -0.2) is 27.6 Å². The van der Waals surface area contributed by atoms with E-state index in [1.807, 2.05) is 13.0 Å². The second-order valence-corrected chi connectivity index (χ2v) is 6.39. The molecule has 1 fully saturated rings. The zero-order chi connectivity index (χ0) is 13.3. The average molecular weight is 307 g/mol. The molecule has 7 heteroatoms. The number of hydrogen-bond donors (Lipinski definition) is 2. The minimum Gasteiger partial charge on any atom is -0.495 e. The molecule has 1 saturated carbocycles. The fourth-order valence-corrected chi connectivity index (χ4v) is 3.55. The van der Waals surface area contributed by atoms with Gasteiger partial charge in [-0.25, -0.2) is 13.1 Å². The molecule has 1 aromatic carbocycles. The van der Waals surface area contributed by atoms with Gasteiger partial charge < -0.3 is 10.5 Å². The summed E-state index contributed by atoms with van der Waals surface area (Å²) in [5.41, 5.74) is 6.52. The summed E-state index contributed by atoms with van der Waals surface area (Å²) in [7, 11) is -2.08. The molecule has 0 amide bonds. The number of ether oxygens (including phenoxy) is 1. The minimum atomic E-state index is -3.54. The molecule has 1 aromatic rings. The summed E-state index contributed by atoms with van der Waals surface area (Å²) in [6.45, 7) is 1.84. The van der Waals surface area contributed by atoms with Crippen LogP contribution in [0.25, 0.3) is 0 Å². The maximum atomic E-state index is 12.2. The second kappa shape index (κ2) is 6.09. The molecule has 0 radical (unpaired) electrons. The molecule has 0 aromatic heterocycles. The van der Waals surface area contributed by atoms with E-state index in [-0.39, 0.29) is 29.4 Å². The number of halogens is 1. The third-order valence-electron chi connectivity index (χ3n) is 3.10. The van der Waals surface area contributed by atoms with Crippen molar-refractivity contribution in [3.63, 3.8) is 0 Å². The minimum absolute atomic E-state index is 0. The van der Waals surface area contributed by atoms with E-state index in [9.17, 15) is 8.42 Å². The third kappa shape index (κ3) is 3.60. The predicted molar refractivity (Wildman–Crippen MR) is 76.3 cm³/mol. The topological polar surface area (TPSA) is 81.4 Å². The summed E-state index contributed by atoms with van der Waals surface area (Å²) in [6.07, 6.45) is 1.38. The average Bonchev–Trinajstić information content (AvgIpc) is 2.26. The molecule has 5 nitrogen and oxygen atoms in total. The zero-order valence-corrected chi connectivity index (χ0v) is 12.6. The molecule has 0 unspecified atom stereocenters. The maximum absolute atomic E-state index is 12.2. The number of benzene rings is 1.